The molecule has 6 heteroatoms. The van der Waals surface area contributed by atoms with Crippen LogP contribution in [0.5, 0.6) is 0 Å². The average Bonchev–Trinajstić information content (AvgIpc) is 2.96. The Balaban J connectivity index is 2.10. The molecule has 1 aliphatic heterocycles. The van der Waals surface area contributed by atoms with Crippen molar-refractivity contribution in [3.8, 4) is 0 Å². The third kappa shape index (κ3) is 1.56. The molecule has 0 saturated carbocycles. The Morgan fingerprint density at radius 1 is 1.47 bits per heavy atom. The predicted molar refractivity (Wildman–Crippen MR) is 63.8 cm³/mol. The fourth-order valence-electron chi connectivity index (χ4n) is 2.48. The van der Waals surface area contributed by atoms with Crippen molar-refractivity contribution in [1.82, 2.24) is 19.7 Å². The van der Waals surface area contributed by atoms with Gasteiger partial charge >= 0.3 is 0 Å². The molecule has 0 spiro atoms. The lowest BCUT2D eigenvalue weighted by molar-refractivity contribution is 0.266. The van der Waals surface area contributed by atoms with Crippen molar-refractivity contribution in [3.05, 3.63) is 12.5 Å². The van der Waals surface area contributed by atoms with Crippen LogP contribution >= 0.6 is 0 Å². The molecule has 1 N–H and O–H groups in total. The minimum Gasteiger partial charge on any atom is -0.394 e. The first-order valence-corrected chi connectivity index (χ1v) is 5.81. The highest BCUT2D eigenvalue weighted by atomic mass is 16.3. The van der Waals surface area contributed by atoms with Gasteiger partial charge in [0, 0.05) is 13.6 Å². The third-order valence-electron chi connectivity index (χ3n) is 3.37. The highest BCUT2D eigenvalue weighted by Gasteiger charge is 2.26. The second-order valence-corrected chi connectivity index (χ2v) is 4.37. The van der Waals surface area contributed by atoms with Crippen LogP contribution < -0.4 is 4.90 Å². The second kappa shape index (κ2) is 3.96. The minimum atomic E-state index is 0.172. The van der Waals surface area contributed by atoms with Crippen LogP contribution in [0, 0.1) is 0 Å². The van der Waals surface area contributed by atoms with Gasteiger partial charge in [-0.1, -0.05) is 0 Å². The summed E-state index contributed by atoms with van der Waals surface area (Å²) in [5.41, 5.74) is 0.832. The molecular formula is C11H15N5O. The topological polar surface area (TPSA) is 67.1 Å². The third-order valence-corrected chi connectivity index (χ3v) is 3.37. The SMILES string of the molecule is Cn1ncc2c(N3CCCC3CO)ncnc21. The summed E-state index contributed by atoms with van der Waals surface area (Å²) in [5.74, 6) is 0.889. The van der Waals surface area contributed by atoms with E-state index in [1.165, 1.54) is 0 Å². The van der Waals surface area contributed by atoms with Gasteiger partial charge in [0.15, 0.2) is 5.65 Å². The standard InChI is InChI=1S/C11H15N5O/c1-15-10-9(5-14-15)11(13-7-12-10)16-4-2-3-8(16)6-17/h5,7-8,17H,2-4,6H2,1H3. The van der Waals surface area contributed by atoms with E-state index in [0.29, 0.717) is 0 Å². The van der Waals surface area contributed by atoms with E-state index in [4.69, 9.17) is 0 Å². The molecule has 90 valence electrons. The van der Waals surface area contributed by atoms with Crippen molar-refractivity contribution in [2.75, 3.05) is 18.1 Å². The zero-order valence-electron chi connectivity index (χ0n) is 9.74. The highest BCUT2D eigenvalue weighted by Crippen LogP contribution is 2.28. The Labute approximate surface area is 98.9 Å². The van der Waals surface area contributed by atoms with Crippen molar-refractivity contribution in [2.24, 2.45) is 7.05 Å². The molecule has 1 atom stereocenters. The number of hydrogen-bond donors (Lipinski definition) is 1. The molecule has 0 aliphatic carbocycles. The van der Waals surface area contributed by atoms with Crippen LogP contribution in [-0.2, 0) is 7.05 Å². The second-order valence-electron chi connectivity index (χ2n) is 4.37. The van der Waals surface area contributed by atoms with Crippen LogP contribution in [0.4, 0.5) is 5.82 Å². The summed E-state index contributed by atoms with van der Waals surface area (Å²) in [6.45, 7) is 1.11. The van der Waals surface area contributed by atoms with Gasteiger partial charge in [0.2, 0.25) is 0 Å². The lowest BCUT2D eigenvalue weighted by atomic mass is 10.2. The smallest absolute Gasteiger partial charge is 0.163 e. The summed E-state index contributed by atoms with van der Waals surface area (Å²) < 4.78 is 1.74. The first-order valence-electron chi connectivity index (χ1n) is 5.81. The largest absolute Gasteiger partial charge is 0.394 e. The molecule has 1 unspecified atom stereocenters. The molecule has 2 aromatic rings. The van der Waals surface area contributed by atoms with E-state index in [1.807, 2.05) is 7.05 Å². The molecule has 0 bridgehead atoms. The maximum Gasteiger partial charge on any atom is 0.163 e. The van der Waals surface area contributed by atoms with E-state index in [1.54, 1.807) is 17.2 Å². The maximum absolute atomic E-state index is 9.37. The van der Waals surface area contributed by atoms with E-state index in [9.17, 15) is 5.11 Å². The fourth-order valence-corrected chi connectivity index (χ4v) is 2.48. The van der Waals surface area contributed by atoms with Gasteiger partial charge in [0.25, 0.3) is 0 Å². The number of aliphatic hydroxyl groups excluding tert-OH is 1. The minimum absolute atomic E-state index is 0.172. The van der Waals surface area contributed by atoms with Gasteiger partial charge < -0.3 is 10.0 Å². The Morgan fingerprint density at radius 2 is 2.35 bits per heavy atom. The number of nitrogens with zero attached hydrogens (tertiary/aromatic N) is 5. The van der Waals surface area contributed by atoms with Gasteiger partial charge in [-0.3, -0.25) is 4.68 Å². The summed E-state index contributed by atoms with van der Waals surface area (Å²) in [7, 11) is 1.87. The van der Waals surface area contributed by atoms with Crippen molar-refractivity contribution in [2.45, 2.75) is 18.9 Å². The van der Waals surface area contributed by atoms with E-state index in [-0.39, 0.29) is 12.6 Å². The molecule has 1 fully saturated rings. The highest BCUT2D eigenvalue weighted by molar-refractivity contribution is 5.86. The Morgan fingerprint density at radius 3 is 3.18 bits per heavy atom. The number of aryl methyl sites for hydroxylation is 1. The zero-order valence-corrected chi connectivity index (χ0v) is 9.74. The van der Waals surface area contributed by atoms with Crippen LogP contribution in [0.3, 0.4) is 0 Å². The van der Waals surface area contributed by atoms with Crippen molar-refractivity contribution in [1.29, 1.82) is 0 Å². The molecule has 2 aromatic heterocycles. The van der Waals surface area contributed by atoms with E-state index < -0.39 is 0 Å². The molecule has 1 saturated heterocycles. The summed E-state index contributed by atoms with van der Waals surface area (Å²) in [4.78, 5) is 10.7. The number of fused-ring (bicyclic) bond motifs is 1. The van der Waals surface area contributed by atoms with E-state index >= 15 is 0 Å². The van der Waals surface area contributed by atoms with Gasteiger partial charge in [0.05, 0.1) is 24.2 Å². The molecule has 3 rings (SSSR count). The molecular weight excluding hydrogens is 218 g/mol. The van der Waals surface area contributed by atoms with Gasteiger partial charge in [0.1, 0.15) is 12.1 Å². The molecule has 3 heterocycles. The molecule has 0 aromatic carbocycles. The Hall–Kier alpha value is -1.69. The van der Waals surface area contributed by atoms with Crippen LogP contribution in [0.1, 0.15) is 12.8 Å². The predicted octanol–water partition coefficient (Wildman–Crippen LogP) is 0.324. The van der Waals surface area contributed by atoms with E-state index in [0.717, 1.165) is 36.2 Å². The monoisotopic (exact) mass is 233 g/mol. The lowest BCUT2D eigenvalue weighted by Gasteiger charge is -2.24. The van der Waals surface area contributed by atoms with Gasteiger partial charge in [-0.25, -0.2) is 9.97 Å². The molecule has 0 radical (unpaired) electrons. The van der Waals surface area contributed by atoms with Crippen molar-refractivity contribution < 1.29 is 5.11 Å². The maximum atomic E-state index is 9.37. The number of aromatic nitrogens is 4. The van der Waals surface area contributed by atoms with Gasteiger partial charge in [-0.05, 0) is 12.8 Å². The quantitative estimate of drug-likeness (QED) is 0.809. The summed E-state index contributed by atoms with van der Waals surface area (Å²) in [6.07, 6.45) is 5.46. The molecule has 1 aliphatic rings. The zero-order chi connectivity index (χ0) is 11.8. The fraction of sp³-hybridized carbons (Fsp3) is 0.545. The Bertz CT molecular complexity index is 538. The Kier molecular flexibility index (Phi) is 2.44. The van der Waals surface area contributed by atoms with Gasteiger partial charge in [-0.2, -0.15) is 5.10 Å². The van der Waals surface area contributed by atoms with Crippen molar-refractivity contribution in [3.63, 3.8) is 0 Å². The van der Waals surface area contributed by atoms with Gasteiger partial charge in [-0.15, -0.1) is 0 Å². The lowest BCUT2D eigenvalue weighted by Crippen LogP contribution is -2.32. The van der Waals surface area contributed by atoms with Crippen LogP contribution in [0.25, 0.3) is 11.0 Å². The van der Waals surface area contributed by atoms with Crippen LogP contribution in [0.2, 0.25) is 0 Å². The molecule has 6 nitrogen and oxygen atoms in total. The summed E-state index contributed by atoms with van der Waals surface area (Å²) >= 11 is 0. The van der Waals surface area contributed by atoms with E-state index in [2.05, 4.69) is 20.0 Å². The number of hydrogen-bond acceptors (Lipinski definition) is 5. The summed E-state index contributed by atoms with van der Waals surface area (Å²) in [6, 6.07) is 0.174. The first-order chi connectivity index (χ1) is 8.31. The molecule has 0 amide bonds. The number of anilines is 1. The average molecular weight is 233 g/mol. The first kappa shape index (κ1) is 10.5. The number of aliphatic hydroxyl groups is 1. The normalized spacial score (nSPS) is 20.4. The van der Waals surface area contributed by atoms with Crippen molar-refractivity contribution >= 4 is 16.9 Å². The van der Waals surface area contributed by atoms with Crippen LogP contribution in [0.15, 0.2) is 12.5 Å². The van der Waals surface area contributed by atoms with Crippen LogP contribution in [-0.4, -0.2) is 44.0 Å². The molecule has 17 heavy (non-hydrogen) atoms. The summed E-state index contributed by atoms with van der Waals surface area (Å²) in [5, 5.41) is 14.5. The number of rotatable bonds is 2.